The first kappa shape index (κ1) is 24.0. The minimum Gasteiger partial charge on any atom is -0.493 e. The minimum absolute atomic E-state index is 0.250. The molecule has 0 atom stereocenters. The molecular weight excluding hydrogens is 565 g/mol. The Bertz CT molecular complexity index is 1260. The van der Waals surface area contributed by atoms with E-state index in [0.717, 1.165) is 25.8 Å². The lowest BCUT2D eigenvalue weighted by Crippen LogP contribution is -2.33. The van der Waals surface area contributed by atoms with Crippen LogP contribution in [0.15, 0.2) is 77.7 Å². The lowest BCUT2D eigenvalue weighted by molar-refractivity contribution is -0.122. The van der Waals surface area contributed by atoms with Gasteiger partial charge in [0.1, 0.15) is 6.61 Å². The number of ether oxygens (including phenoxy) is 2. The van der Waals surface area contributed by atoms with Crippen LogP contribution in [-0.4, -0.2) is 35.5 Å². The van der Waals surface area contributed by atoms with Crippen molar-refractivity contribution in [2.75, 3.05) is 13.7 Å². The molecule has 0 spiro atoms. The normalized spacial score (nSPS) is 14.5. The van der Waals surface area contributed by atoms with Gasteiger partial charge in [0.25, 0.3) is 11.1 Å². The van der Waals surface area contributed by atoms with Gasteiger partial charge in [-0.05, 0) is 75.8 Å². The van der Waals surface area contributed by atoms with Crippen LogP contribution < -0.4 is 9.47 Å². The van der Waals surface area contributed by atoms with Gasteiger partial charge in [-0.15, -0.1) is 0 Å². The summed E-state index contributed by atoms with van der Waals surface area (Å²) in [6.45, 7) is 0.0988. The fourth-order valence-electron chi connectivity index (χ4n) is 3.28. The number of benzene rings is 3. The topological polar surface area (TPSA) is 72.9 Å². The van der Waals surface area contributed by atoms with Crippen LogP contribution in [0.3, 0.4) is 0 Å². The maximum absolute atomic E-state index is 12.8. The molecule has 0 aromatic heterocycles. The lowest BCUT2D eigenvalue weighted by atomic mass is 10.1. The van der Waals surface area contributed by atoms with Crippen molar-refractivity contribution in [3.63, 3.8) is 0 Å². The highest BCUT2D eigenvalue weighted by Gasteiger charge is 2.36. The third kappa shape index (κ3) is 5.68. The number of hydrogen-bond donors (Lipinski definition) is 0. The van der Waals surface area contributed by atoms with E-state index in [9.17, 15) is 14.4 Å². The van der Waals surface area contributed by atoms with Crippen LogP contribution in [-0.2, 0) is 11.4 Å². The number of carbonyl (C=O) groups is 3. The summed E-state index contributed by atoms with van der Waals surface area (Å²) in [6, 6.07) is 21.9. The number of rotatable bonds is 8. The summed E-state index contributed by atoms with van der Waals surface area (Å²) < 4.78 is 12.5. The van der Waals surface area contributed by atoms with Crippen molar-refractivity contribution in [2.24, 2.45) is 0 Å². The maximum Gasteiger partial charge on any atom is 0.293 e. The quantitative estimate of drug-likeness (QED) is 0.189. The largest absolute Gasteiger partial charge is 0.493 e. The Labute approximate surface area is 215 Å². The Kier molecular flexibility index (Phi) is 7.69. The number of ketones is 1. The standard InChI is InChI=1S/C26H20INO5S/c1-32-23-13-18(9-12-22(23)33-16-17-7-10-20(27)11-8-17)14-24-25(30)28(26(31)34-24)15-21(29)19-5-3-2-4-6-19/h2-14H,15-16H2,1H3/b24-14-. The number of methoxy groups -OCH3 is 1. The van der Waals surface area contributed by atoms with Crippen molar-refractivity contribution in [2.45, 2.75) is 6.61 Å². The van der Waals surface area contributed by atoms with Crippen LogP contribution in [0, 0.1) is 3.57 Å². The third-order valence-electron chi connectivity index (χ3n) is 5.06. The van der Waals surface area contributed by atoms with Crippen LogP contribution >= 0.6 is 34.4 Å². The maximum atomic E-state index is 12.8. The molecule has 0 unspecified atom stereocenters. The van der Waals surface area contributed by atoms with Gasteiger partial charge in [0, 0.05) is 9.13 Å². The molecular formula is C26H20INO5S. The molecule has 4 rings (SSSR count). The molecule has 3 aromatic rings. The molecule has 2 amide bonds. The number of amides is 2. The van der Waals surface area contributed by atoms with Crippen molar-refractivity contribution in [3.05, 3.63) is 98.0 Å². The van der Waals surface area contributed by atoms with Gasteiger partial charge in [-0.2, -0.15) is 0 Å². The van der Waals surface area contributed by atoms with E-state index in [2.05, 4.69) is 22.6 Å². The molecule has 1 aliphatic heterocycles. The highest BCUT2D eigenvalue weighted by atomic mass is 127. The van der Waals surface area contributed by atoms with Crippen molar-refractivity contribution in [1.29, 1.82) is 0 Å². The summed E-state index contributed by atoms with van der Waals surface area (Å²) in [5.74, 6) is 0.301. The molecule has 8 heteroatoms. The number of imide groups is 1. The summed E-state index contributed by atoms with van der Waals surface area (Å²) in [7, 11) is 1.54. The second kappa shape index (κ2) is 10.9. The van der Waals surface area contributed by atoms with Crippen molar-refractivity contribution >= 4 is 57.4 Å². The van der Waals surface area contributed by atoms with E-state index in [1.165, 1.54) is 0 Å². The Hall–Kier alpha value is -3.11. The molecule has 0 N–H and O–H groups in total. The fourth-order valence-corrected chi connectivity index (χ4v) is 4.48. The van der Waals surface area contributed by atoms with E-state index in [1.54, 1.807) is 61.7 Å². The second-order valence-corrected chi connectivity index (χ2v) is 9.62. The zero-order chi connectivity index (χ0) is 24.1. The van der Waals surface area contributed by atoms with Gasteiger partial charge in [-0.1, -0.05) is 48.5 Å². The highest BCUT2D eigenvalue weighted by molar-refractivity contribution is 14.1. The van der Waals surface area contributed by atoms with Crippen LogP contribution in [0.2, 0.25) is 0 Å². The predicted molar refractivity (Wildman–Crippen MR) is 140 cm³/mol. The first-order chi connectivity index (χ1) is 16.4. The fraction of sp³-hybridized carbons (Fsp3) is 0.115. The number of halogens is 1. The Balaban J connectivity index is 1.46. The molecule has 0 bridgehead atoms. The monoisotopic (exact) mass is 585 g/mol. The molecule has 1 heterocycles. The van der Waals surface area contributed by atoms with Crippen molar-refractivity contribution < 1.29 is 23.9 Å². The minimum atomic E-state index is -0.489. The van der Waals surface area contributed by atoms with Gasteiger partial charge in [-0.3, -0.25) is 19.3 Å². The molecule has 1 fully saturated rings. The molecule has 0 saturated carbocycles. The Morgan fingerprint density at radius 1 is 1.00 bits per heavy atom. The molecule has 6 nitrogen and oxygen atoms in total. The molecule has 0 radical (unpaired) electrons. The first-order valence-electron chi connectivity index (χ1n) is 10.3. The van der Waals surface area contributed by atoms with Crippen LogP contribution in [0.25, 0.3) is 6.08 Å². The van der Waals surface area contributed by atoms with Crippen LogP contribution in [0.1, 0.15) is 21.5 Å². The van der Waals surface area contributed by atoms with E-state index in [4.69, 9.17) is 9.47 Å². The van der Waals surface area contributed by atoms with E-state index in [0.29, 0.717) is 29.2 Å². The smallest absolute Gasteiger partial charge is 0.293 e. The number of carbonyl (C=O) groups excluding carboxylic acids is 3. The molecule has 172 valence electrons. The van der Waals surface area contributed by atoms with E-state index < -0.39 is 11.1 Å². The Morgan fingerprint density at radius 3 is 2.44 bits per heavy atom. The van der Waals surface area contributed by atoms with Crippen LogP contribution in [0.4, 0.5) is 4.79 Å². The number of Topliss-reactive ketones (excluding diaryl/α,β-unsaturated/α-hetero) is 1. The molecule has 3 aromatic carbocycles. The van der Waals surface area contributed by atoms with Gasteiger partial charge in [0.15, 0.2) is 17.3 Å². The number of thioether (sulfide) groups is 1. The summed E-state index contributed by atoms with van der Waals surface area (Å²) in [4.78, 5) is 38.9. The van der Waals surface area contributed by atoms with Crippen molar-refractivity contribution in [1.82, 2.24) is 4.90 Å². The summed E-state index contributed by atoms with van der Waals surface area (Å²) in [5.41, 5.74) is 2.17. The Morgan fingerprint density at radius 2 is 1.74 bits per heavy atom. The van der Waals surface area contributed by atoms with Crippen molar-refractivity contribution in [3.8, 4) is 11.5 Å². The molecule has 34 heavy (non-hydrogen) atoms. The summed E-state index contributed by atoms with van der Waals surface area (Å²) >= 11 is 3.06. The molecule has 0 aliphatic carbocycles. The predicted octanol–water partition coefficient (Wildman–Crippen LogP) is 5.80. The molecule has 1 aliphatic rings. The van der Waals surface area contributed by atoms with E-state index in [1.807, 2.05) is 24.3 Å². The zero-order valence-corrected chi connectivity index (χ0v) is 21.2. The zero-order valence-electron chi connectivity index (χ0n) is 18.2. The lowest BCUT2D eigenvalue weighted by Gasteiger charge is -2.12. The average molecular weight is 585 g/mol. The van der Waals surface area contributed by atoms with Gasteiger partial charge in [0.05, 0.1) is 18.6 Å². The van der Waals surface area contributed by atoms with Gasteiger partial charge >= 0.3 is 0 Å². The van der Waals surface area contributed by atoms with E-state index in [-0.39, 0.29) is 17.2 Å². The van der Waals surface area contributed by atoms with Crippen LogP contribution in [0.5, 0.6) is 11.5 Å². The second-order valence-electron chi connectivity index (χ2n) is 7.38. The third-order valence-corrected chi connectivity index (χ3v) is 6.69. The SMILES string of the molecule is COc1cc(/C=C2\SC(=O)N(CC(=O)c3ccccc3)C2=O)ccc1OCc1ccc(I)cc1. The van der Waals surface area contributed by atoms with Gasteiger partial charge < -0.3 is 9.47 Å². The van der Waals surface area contributed by atoms with E-state index >= 15 is 0 Å². The van der Waals surface area contributed by atoms with Gasteiger partial charge in [-0.25, -0.2) is 0 Å². The number of nitrogens with zero attached hydrogens (tertiary/aromatic N) is 1. The highest BCUT2D eigenvalue weighted by Crippen LogP contribution is 2.35. The summed E-state index contributed by atoms with van der Waals surface area (Å²) in [6.07, 6.45) is 1.61. The first-order valence-corrected chi connectivity index (χ1v) is 12.2. The number of hydrogen-bond acceptors (Lipinski definition) is 6. The summed E-state index contributed by atoms with van der Waals surface area (Å²) in [5, 5.41) is -0.468. The molecule has 1 saturated heterocycles. The van der Waals surface area contributed by atoms with Gasteiger partial charge in [0.2, 0.25) is 0 Å². The average Bonchev–Trinajstić information content (AvgIpc) is 3.11.